The van der Waals surface area contributed by atoms with Gasteiger partial charge >= 0.3 is 11.8 Å². The minimum absolute atomic E-state index is 0.0192. The molecule has 210 valence electrons. The number of hydrogen-bond acceptors (Lipinski definition) is 10. The van der Waals surface area contributed by atoms with Crippen LogP contribution in [-0.2, 0) is 18.0 Å². The summed E-state index contributed by atoms with van der Waals surface area (Å²) < 4.78 is 45.9. The number of aromatic nitrogens is 1. The number of β-amino-alcohol motifs (C(OH)–C–C–N with tert-alkyl or cyclic N) is 1. The second-order valence-corrected chi connectivity index (χ2v) is 9.67. The summed E-state index contributed by atoms with van der Waals surface area (Å²) >= 11 is 6.70. The van der Waals surface area contributed by atoms with E-state index in [-0.39, 0.29) is 68.7 Å². The molecule has 2 aromatic carbocycles. The number of aliphatic hydroxyl groups is 2. The Hall–Kier alpha value is -4.20. The SMILES string of the molecule is Cc1oc(=O)oc1COC(=O)c1cn(-c2cc(N)c(F)cc2CO)c2c(Cl)c(N3CC(O)C3)c(F)c(C)c2c1=O. The number of pyridine rings is 1. The maximum atomic E-state index is 15.7. The van der Waals surface area contributed by atoms with Crippen molar-refractivity contribution in [1.29, 1.82) is 0 Å². The van der Waals surface area contributed by atoms with Gasteiger partial charge in [-0.05, 0) is 26.0 Å². The summed E-state index contributed by atoms with van der Waals surface area (Å²) in [4.78, 5) is 39.6. The molecule has 1 aliphatic heterocycles. The Morgan fingerprint density at radius 2 is 1.93 bits per heavy atom. The molecule has 3 heterocycles. The van der Waals surface area contributed by atoms with E-state index in [0.717, 1.165) is 12.3 Å². The highest BCUT2D eigenvalue weighted by molar-refractivity contribution is 6.38. The van der Waals surface area contributed by atoms with Crippen LogP contribution in [0.3, 0.4) is 0 Å². The molecule has 4 aromatic rings. The van der Waals surface area contributed by atoms with E-state index in [9.17, 15) is 29.0 Å². The molecule has 0 unspecified atom stereocenters. The first-order valence-corrected chi connectivity index (χ1v) is 12.3. The number of anilines is 2. The van der Waals surface area contributed by atoms with Gasteiger partial charge in [0.05, 0.1) is 45.7 Å². The van der Waals surface area contributed by atoms with Gasteiger partial charge in [-0.2, -0.15) is 0 Å². The van der Waals surface area contributed by atoms with Crippen LogP contribution in [0.4, 0.5) is 20.2 Å². The number of aliphatic hydroxyl groups excluding tert-OH is 2. The summed E-state index contributed by atoms with van der Waals surface area (Å²) in [5.41, 5.74) is 3.81. The van der Waals surface area contributed by atoms with Crippen molar-refractivity contribution in [1.82, 2.24) is 4.57 Å². The fourth-order valence-corrected chi connectivity index (χ4v) is 5.00. The molecular weight excluding hydrogens is 556 g/mol. The van der Waals surface area contributed by atoms with Crippen LogP contribution in [0, 0.1) is 25.5 Å². The number of carbonyl (C=O) groups is 1. The number of ether oxygens (including phenoxy) is 1. The van der Waals surface area contributed by atoms with Gasteiger partial charge in [-0.3, -0.25) is 4.79 Å². The molecule has 0 spiro atoms. The van der Waals surface area contributed by atoms with E-state index in [1.165, 1.54) is 29.4 Å². The van der Waals surface area contributed by atoms with Crippen LogP contribution in [0.5, 0.6) is 0 Å². The summed E-state index contributed by atoms with van der Waals surface area (Å²) in [6.45, 7) is 1.70. The molecule has 40 heavy (non-hydrogen) atoms. The van der Waals surface area contributed by atoms with E-state index in [4.69, 9.17) is 30.9 Å². The molecular formula is C26H22ClF2N3O8. The lowest BCUT2D eigenvalue weighted by Gasteiger charge is -2.39. The highest BCUT2D eigenvalue weighted by atomic mass is 35.5. The van der Waals surface area contributed by atoms with Gasteiger partial charge in [-0.15, -0.1) is 0 Å². The second kappa shape index (κ2) is 10.1. The Morgan fingerprint density at radius 1 is 1.23 bits per heavy atom. The van der Waals surface area contributed by atoms with E-state index in [0.29, 0.717) is 0 Å². The van der Waals surface area contributed by atoms with Gasteiger partial charge in [0.1, 0.15) is 11.4 Å². The smallest absolute Gasteiger partial charge is 0.454 e. The molecule has 0 saturated carbocycles. The Labute approximate surface area is 228 Å². The summed E-state index contributed by atoms with van der Waals surface area (Å²) in [5, 5.41) is 19.3. The number of nitrogens with two attached hydrogens (primary N) is 1. The number of nitrogens with zero attached hydrogens (tertiary/aromatic N) is 2. The fraction of sp³-hybridized carbons (Fsp3) is 0.269. The van der Waals surface area contributed by atoms with Gasteiger partial charge in [0, 0.05) is 30.4 Å². The van der Waals surface area contributed by atoms with Crippen molar-refractivity contribution in [2.45, 2.75) is 33.2 Å². The maximum Gasteiger partial charge on any atom is 0.519 e. The average Bonchev–Trinajstić information content (AvgIpc) is 3.22. The Balaban J connectivity index is 1.78. The van der Waals surface area contributed by atoms with Crippen molar-refractivity contribution in [3.8, 4) is 5.69 Å². The number of benzene rings is 2. The zero-order valence-corrected chi connectivity index (χ0v) is 21.8. The largest absolute Gasteiger partial charge is 0.519 e. The van der Waals surface area contributed by atoms with Gasteiger partial charge in [0.15, 0.2) is 23.9 Å². The number of rotatable bonds is 6. The molecule has 11 nitrogen and oxygen atoms in total. The van der Waals surface area contributed by atoms with Gasteiger partial charge in [0.2, 0.25) is 5.43 Å². The molecule has 0 atom stereocenters. The number of aryl methyl sites for hydroxylation is 2. The van der Waals surface area contributed by atoms with Crippen LogP contribution in [0.2, 0.25) is 5.02 Å². The predicted octanol–water partition coefficient (Wildman–Crippen LogP) is 2.70. The van der Waals surface area contributed by atoms with Gasteiger partial charge in [-0.1, -0.05) is 11.6 Å². The van der Waals surface area contributed by atoms with E-state index < -0.39 is 53.7 Å². The number of nitrogen functional groups attached to an aromatic ring is 1. The third-order valence-electron chi connectivity index (χ3n) is 6.73. The number of fused-ring (bicyclic) bond motifs is 1. The molecule has 0 bridgehead atoms. The Morgan fingerprint density at radius 3 is 2.52 bits per heavy atom. The second-order valence-electron chi connectivity index (χ2n) is 9.30. The molecule has 1 saturated heterocycles. The first-order valence-electron chi connectivity index (χ1n) is 11.9. The molecule has 1 fully saturated rings. The zero-order chi connectivity index (χ0) is 29.0. The third-order valence-corrected chi connectivity index (χ3v) is 7.09. The van der Waals surface area contributed by atoms with E-state index in [2.05, 4.69) is 0 Å². The summed E-state index contributed by atoms with van der Waals surface area (Å²) in [6.07, 6.45) is 0.363. The highest BCUT2D eigenvalue weighted by Gasteiger charge is 2.33. The Kier molecular flexibility index (Phi) is 6.90. The van der Waals surface area contributed by atoms with Crippen LogP contribution in [0.25, 0.3) is 16.6 Å². The fourth-order valence-electron chi connectivity index (χ4n) is 4.61. The molecule has 2 aromatic heterocycles. The molecule has 14 heteroatoms. The summed E-state index contributed by atoms with van der Waals surface area (Å²) in [7, 11) is 0. The molecule has 0 amide bonds. The normalized spacial score (nSPS) is 13.6. The molecule has 1 aliphatic rings. The minimum atomic E-state index is -1.16. The number of esters is 1. The predicted molar refractivity (Wildman–Crippen MR) is 139 cm³/mol. The van der Waals surface area contributed by atoms with Crippen molar-refractivity contribution in [2.24, 2.45) is 0 Å². The first kappa shape index (κ1) is 27.4. The van der Waals surface area contributed by atoms with Gasteiger partial charge in [-0.25, -0.2) is 18.4 Å². The molecule has 5 rings (SSSR count). The van der Waals surface area contributed by atoms with Crippen LogP contribution in [-0.4, -0.2) is 39.9 Å². The van der Waals surface area contributed by atoms with Crippen LogP contribution in [0.15, 0.2) is 36.8 Å². The van der Waals surface area contributed by atoms with Crippen molar-refractivity contribution in [3.63, 3.8) is 0 Å². The topological polar surface area (TPSA) is 161 Å². The van der Waals surface area contributed by atoms with Gasteiger partial charge in [0.25, 0.3) is 0 Å². The van der Waals surface area contributed by atoms with Crippen molar-refractivity contribution < 1.29 is 37.4 Å². The van der Waals surface area contributed by atoms with E-state index >= 15 is 4.39 Å². The number of halogens is 3. The lowest BCUT2D eigenvalue weighted by atomic mass is 10.0. The van der Waals surface area contributed by atoms with Crippen molar-refractivity contribution in [3.05, 3.63) is 84.0 Å². The van der Waals surface area contributed by atoms with E-state index in [1.54, 1.807) is 0 Å². The average molecular weight is 578 g/mol. The zero-order valence-electron chi connectivity index (χ0n) is 21.1. The molecule has 4 N–H and O–H groups in total. The number of hydrogen-bond donors (Lipinski definition) is 3. The minimum Gasteiger partial charge on any atom is -0.454 e. The van der Waals surface area contributed by atoms with Crippen molar-refractivity contribution in [2.75, 3.05) is 23.7 Å². The van der Waals surface area contributed by atoms with Crippen LogP contribution < -0.4 is 21.9 Å². The molecule has 0 aliphatic carbocycles. The molecule has 0 radical (unpaired) electrons. The number of carbonyl (C=O) groups excluding carboxylic acids is 1. The monoisotopic (exact) mass is 577 g/mol. The van der Waals surface area contributed by atoms with Crippen molar-refractivity contribution >= 4 is 39.8 Å². The Bertz CT molecular complexity index is 1810. The van der Waals surface area contributed by atoms with Crippen LogP contribution in [0.1, 0.15) is 33.0 Å². The lowest BCUT2D eigenvalue weighted by Crippen LogP contribution is -2.51. The maximum absolute atomic E-state index is 15.7. The lowest BCUT2D eigenvalue weighted by molar-refractivity contribution is 0.0441. The van der Waals surface area contributed by atoms with Crippen LogP contribution >= 0.6 is 11.6 Å². The highest BCUT2D eigenvalue weighted by Crippen LogP contribution is 2.41. The third kappa shape index (κ3) is 4.41. The van der Waals surface area contributed by atoms with Gasteiger partial charge < -0.3 is 39.0 Å². The summed E-state index contributed by atoms with van der Waals surface area (Å²) in [6, 6.07) is 2.15. The first-order chi connectivity index (χ1) is 18.9. The quantitative estimate of drug-likeness (QED) is 0.229. The van der Waals surface area contributed by atoms with E-state index in [1.807, 2.05) is 0 Å². The summed E-state index contributed by atoms with van der Waals surface area (Å²) in [5.74, 6) is -3.84. The standard InChI is InChI=1S/C26H22ClF2N3O8/c1-10-19-22(20(27)23(21(10)29)31-5-13(34)6-31)32(17-4-16(30)15(28)3-12(17)8-33)7-14(24(19)35)25(36)38-9-18-11(2)39-26(37)40-18/h3-4,7,13,33-34H,5-6,8-9,30H2,1-2H3.